The summed E-state index contributed by atoms with van der Waals surface area (Å²) < 4.78 is 0. The van der Waals surface area contributed by atoms with E-state index in [-0.39, 0.29) is 11.8 Å². The van der Waals surface area contributed by atoms with Crippen molar-refractivity contribution >= 4 is 17.8 Å². The third-order valence-corrected chi connectivity index (χ3v) is 3.19. The van der Waals surface area contributed by atoms with Crippen LogP contribution in [0.4, 0.5) is 0 Å². The molecular formula is C15H31N5O2. The van der Waals surface area contributed by atoms with E-state index in [1.165, 1.54) is 0 Å². The molecule has 0 heterocycles. The van der Waals surface area contributed by atoms with E-state index in [4.69, 9.17) is 0 Å². The topological polar surface area (TPSA) is 77.0 Å². The summed E-state index contributed by atoms with van der Waals surface area (Å²) in [4.78, 5) is 31.1. The maximum Gasteiger partial charge on any atom is 0.224 e. The van der Waals surface area contributed by atoms with E-state index in [0.29, 0.717) is 31.9 Å². The Balaban J connectivity index is 4.23. The third kappa shape index (κ3) is 8.49. The number of carbonyl (C=O) groups excluding carboxylic acids is 2. The molecule has 0 aromatic carbocycles. The van der Waals surface area contributed by atoms with Gasteiger partial charge in [0.2, 0.25) is 11.8 Å². The van der Waals surface area contributed by atoms with E-state index < -0.39 is 0 Å². The fraction of sp³-hybridized carbons (Fsp3) is 0.800. The first-order valence-electron chi connectivity index (χ1n) is 7.96. The van der Waals surface area contributed by atoms with Gasteiger partial charge in [-0.3, -0.25) is 14.6 Å². The molecule has 0 saturated carbocycles. The van der Waals surface area contributed by atoms with Crippen molar-refractivity contribution in [3.8, 4) is 0 Å². The van der Waals surface area contributed by atoms with Crippen molar-refractivity contribution in [1.82, 2.24) is 20.4 Å². The Bertz CT molecular complexity index is 365. The molecule has 0 rings (SSSR count). The first-order chi connectivity index (χ1) is 10.5. The Hall–Kier alpha value is -1.79. The van der Waals surface area contributed by atoms with Gasteiger partial charge in [0.05, 0.1) is 6.54 Å². The van der Waals surface area contributed by atoms with Crippen LogP contribution in [0.3, 0.4) is 0 Å². The molecule has 0 aromatic rings. The zero-order valence-electron chi connectivity index (χ0n) is 14.6. The summed E-state index contributed by atoms with van der Waals surface area (Å²) >= 11 is 0. The van der Waals surface area contributed by atoms with Gasteiger partial charge in [0.25, 0.3) is 0 Å². The number of amides is 2. The number of carbonyl (C=O) groups is 2. The minimum absolute atomic E-state index is 0.0521. The van der Waals surface area contributed by atoms with E-state index in [0.717, 1.165) is 19.6 Å². The normalized spacial score (nSPS) is 11.0. The summed E-state index contributed by atoms with van der Waals surface area (Å²) in [5.74, 6) is 0.828. The first-order valence-corrected chi connectivity index (χ1v) is 7.96. The zero-order valence-corrected chi connectivity index (χ0v) is 14.6. The maximum absolute atomic E-state index is 11.9. The Morgan fingerprint density at radius 1 is 0.955 bits per heavy atom. The highest BCUT2D eigenvalue weighted by Gasteiger charge is 2.09. The van der Waals surface area contributed by atoms with Crippen LogP contribution in [0.2, 0.25) is 0 Å². The van der Waals surface area contributed by atoms with Crippen LogP contribution in [0.1, 0.15) is 33.6 Å². The minimum Gasteiger partial charge on any atom is -0.357 e. The molecule has 0 aromatic heterocycles. The predicted octanol–water partition coefficient (Wildman–Crippen LogP) is 0.278. The lowest BCUT2D eigenvalue weighted by Gasteiger charge is -2.19. The lowest BCUT2D eigenvalue weighted by molar-refractivity contribution is -0.130. The van der Waals surface area contributed by atoms with Gasteiger partial charge in [0.15, 0.2) is 5.96 Å². The fourth-order valence-electron chi connectivity index (χ4n) is 1.85. The van der Waals surface area contributed by atoms with E-state index in [2.05, 4.69) is 15.6 Å². The first kappa shape index (κ1) is 20.2. The molecule has 0 aliphatic heterocycles. The summed E-state index contributed by atoms with van der Waals surface area (Å²) in [5.41, 5.74) is 0. The van der Waals surface area contributed by atoms with Gasteiger partial charge in [-0.05, 0) is 20.8 Å². The molecule has 0 aliphatic rings. The van der Waals surface area contributed by atoms with Crippen molar-refractivity contribution in [1.29, 1.82) is 0 Å². The predicted molar refractivity (Wildman–Crippen MR) is 89.8 cm³/mol. The lowest BCUT2D eigenvalue weighted by Crippen LogP contribution is -2.40. The average Bonchev–Trinajstić information content (AvgIpc) is 2.48. The highest BCUT2D eigenvalue weighted by Crippen LogP contribution is 1.93. The van der Waals surface area contributed by atoms with Gasteiger partial charge in [0, 0.05) is 53.1 Å². The molecule has 0 unspecified atom stereocenters. The highest BCUT2D eigenvalue weighted by atomic mass is 16.2. The van der Waals surface area contributed by atoms with E-state index >= 15 is 0 Å². The lowest BCUT2D eigenvalue weighted by atomic mass is 10.3. The summed E-state index contributed by atoms with van der Waals surface area (Å²) in [6.45, 7) is 9.08. The number of rotatable bonds is 9. The highest BCUT2D eigenvalue weighted by molar-refractivity contribution is 5.82. The molecule has 2 amide bonds. The van der Waals surface area contributed by atoms with Crippen LogP contribution in [0.25, 0.3) is 0 Å². The van der Waals surface area contributed by atoms with Crippen molar-refractivity contribution in [3.05, 3.63) is 0 Å². The summed E-state index contributed by atoms with van der Waals surface area (Å²) in [6.07, 6.45) is 0.810. The SMILES string of the molecule is CCNC(=NCCC(=O)N(C)C)NCCC(=O)N(CC)CC. The van der Waals surface area contributed by atoms with Gasteiger partial charge < -0.3 is 20.4 Å². The minimum atomic E-state index is 0.0521. The molecule has 128 valence electrons. The molecule has 0 atom stereocenters. The number of nitrogens with one attached hydrogen (secondary N) is 2. The van der Waals surface area contributed by atoms with Crippen LogP contribution >= 0.6 is 0 Å². The molecule has 22 heavy (non-hydrogen) atoms. The van der Waals surface area contributed by atoms with Crippen molar-refractivity contribution in [2.75, 3.05) is 46.8 Å². The largest absolute Gasteiger partial charge is 0.357 e. The molecular weight excluding hydrogens is 282 g/mol. The van der Waals surface area contributed by atoms with Gasteiger partial charge in [-0.15, -0.1) is 0 Å². The summed E-state index contributed by atoms with van der Waals surface area (Å²) in [6, 6.07) is 0. The number of hydrogen-bond donors (Lipinski definition) is 2. The summed E-state index contributed by atoms with van der Waals surface area (Å²) in [5, 5.41) is 6.23. The summed E-state index contributed by atoms with van der Waals surface area (Å²) in [7, 11) is 3.46. The molecule has 0 spiro atoms. The second-order valence-electron chi connectivity index (χ2n) is 5.04. The zero-order chi connectivity index (χ0) is 17.0. The quantitative estimate of drug-likeness (QED) is 0.473. The smallest absolute Gasteiger partial charge is 0.224 e. The maximum atomic E-state index is 11.9. The van der Waals surface area contributed by atoms with Crippen LogP contribution in [-0.2, 0) is 9.59 Å². The molecule has 7 heteroatoms. The monoisotopic (exact) mass is 313 g/mol. The van der Waals surface area contributed by atoms with E-state index in [1.807, 2.05) is 25.7 Å². The van der Waals surface area contributed by atoms with Crippen LogP contribution in [0.15, 0.2) is 4.99 Å². The van der Waals surface area contributed by atoms with Crippen LogP contribution in [0.5, 0.6) is 0 Å². The average molecular weight is 313 g/mol. The van der Waals surface area contributed by atoms with Gasteiger partial charge >= 0.3 is 0 Å². The van der Waals surface area contributed by atoms with Gasteiger partial charge in [0.1, 0.15) is 0 Å². The van der Waals surface area contributed by atoms with Crippen LogP contribution < -0.4 is 10.6 Å². The Morgan fingerprint density at radius 2 is 1.59 bits per heavy atom. The van der Waals surface area contributed by atoms with Gasteiger partial charge in [-0.25, -0.2) is 0 Å². The van der Waals surface area contributed by atoms with E-state index in [9.17, 15) is 9.59 Å². The van der Waals surface area contributed by atoms with Crippen molar-refractivity contribution in [2.45, 2.75) is 33.6 Å². The standard InChI is InChI=1S/C15H31N5O2/c1-6-16-15(17-11-9-13(21)19(4)5)18-12-10-14(22)20(7-2)8-3/h6-12H2,1-5H3,(H2,16,17,18). The van der Waals surface area contributed by atoms with Gasteiger partial charge in [-0.2, -0.15) is 0 Å². The number of aliphatic imine (C=N–C) groups is 1. The van der Waals surface area contributed by atoms with Gasteiger partial charge in [-0.1, -0.05) is 0 Å². The Kier molecular flexibility index (Phi) is 10.9. The van der Waals surface area contributed by atoms with Crippen molar-refractivity contribution in [2.24, 2.45) is 4.99 Å². The molecule has 7 nitrogen and oxygen atoms in total. The van der Waals surface area contributed by atoms with E-state index in [1.54, 1.807) is 19.0 Å². The number of guanidine groups is 1. The molecule has 0 fully saturated rings. The van der Waals surface area contributed by atoms with Crippen LogP contribution in [-0.4, -0.2) is 74.4 Å². The molecule has 0 saturated heterocycles. The third-order valence-electron chi connectivity index (χ3n) is 3.19. The van der Waals surface area contributed by atoms with Crippen molar-refractivity contribution < 1.29 is 9.59 Å². The molecule has 0 radical (unpaired) electrons. The number of hydrogen-bond acceptors (Lipinski definition) is 3. The number of nitrogens with zero attached hydrogens (tertiary/aromatic N) is 3. The molecule has 2 N–H and O–H groups in total. The Morgan fingerprint density at radius 3 is 2.09 bits per heavy atom. The molecule has 0 aliphatic carbocycles. The second-order valence-corrected chi connectivity index (χ2v) is 5.04. The Labute approximate surface area is 134 Å². The van der Waals surface area contributed by atoms with Crippen LogP contribution in [0, 0.1) is 0 Å². The van der Waals surface area contributed by atoms with Crippen molar-refractivity contribution in [3.63, 3.8) is 0 Å². The second kappa shape index (κ2) is 11.8. The molecule has 0 bridgehead atoms. The fourth-order valence-corrected chi connectivity index (χ4v) is 1.85.